The van der Waals surface area contributed by atoms with Gasteiger partial charge in [0, 0.05) is 11.1 Å². The van der Waals surface area contributed by atoms with Gasteiger partial charge in [0.05, 0.1) is 18.3 Å². The van der Waals surface area contributed by atoms with Crippen LogP contribution in [0.25, 0.3) is 10.9 Å². The molecule has 3 rings (SSSR count). The molecule has 18 heavy (non-hydrogen) atoms. The van der Waals surface area contributed by atoms with Crippen LogP contribution >= 0.6 is 0 Å². The molecule has 0 aliphatic carbocycles. The van der Waals surface area contributed by atoms with Crippen LogP contribution < -0.4 is 11.2 Å². The lowest BCUT2D eigenvalue weighted by Gasteiger charge is -2.07. The second-order valence-electron chi connectivity index (χ2n) is 4.16. The molecular weight excluding hydrogens is 224 g/mol. The summed E-state index contributed by atoms with van der Waals surface area (Å²) in [6, 6.07) is 16.0. The first kappa shape index (κ1) is 10.7. The predicted octanol–water partition coefficient (Wildman–Crippen LogP) is 2.36. The van der Waals surface area contributed by atoms with Gasteiger partial charge in [-0.2, -0.15) is 9.89 Å². The number of benzene rings is 2. The van der Waals surface area contributed by atoms with Gasteiger partial charge in [-0.15, -0.1) is 0 Å². The average Bonchev–Trinajstić information content (AvgIpc) is 2.82. The largest absolute Gasteiger partial charge is 0.398 e. The molecule has 1 heterocycles. The van der Waals surface area contributed by atoms with E-state index in [1.807, 2.05) is 36.4 Å². The van der Waals surface area contributed by atoms with Crippen molar-refractivity contribution in [3.05, 3.63) is 60.3 Å². The number of hydrogen-bond acceptors (Lipinski definition) is 3. The molecule has 0 atom stereocenters. The second-order valence-corrected chi connectivity index (χ2v) is 4.16. The number of nitrogens with two attached hydrogens (primary N) is 1. The van der Waals surface area contributed by atoms with Crippen molar-refractivity contribution < 1.29 is 0 Å². The molecule has 0 saturated carbocycles. The van der Waals surface area contributed by atoms with Crippen molar-refractivity contribution >= 4 is 16.6 Å². The topological polar surface area (TPSA) is 55.9 Å². The highest BCUT2D eigenvalue weighted by molar-refractivity contribution is 5.90. The summed E-state index contributed by atoms with van der Waals surface area (Å²) in [6.07, 6.45) is 1.78. The molecule has 1 aromatic heterocycles. The van der Waals surface area contributed by atoms with Crippen molar-refractivity contribution in [2.75, 3.05) is 11.2 Å². The summed E-state index contributed by atoms with van der Waals surface area (Å²) in [5.41, 5.74) is 12.1. The first-order chi connectivity index (χ1) is 8.84. The zero-order valence-corrected chi connectivity index (χ0v) is 9.88. The summed E-state index contributed by atoms with van der Waals surface area (Å²) in [7, 11) is 0. The number of nitrogens with one attached hydrogen (secondary N) is 1. The maximum absolute atomic E-state index is 5.90. The van der Waals surface area contributed by atoms with Crippen LogP contribution in [-0.4, -0.2) is 9.89 Å². The van der Waals surface area contributed by atoms with Gasteiger partial charge in [0.1, 0.15) is 0 Å². The van der Waals surface area contributed by atoms with Gasteiger partial charge in [-0.3, -0.25) is 0 Å². The number of aromatic nitrogens is 2. The van der Waals surface area contributed by atoms with Crippen LogP contribution in [0.2, 0.25) is 0 Å². The standard InChI is InChI=1S/C14H14N4/c15-13-7-4-8-14-12(13)10-17-18(14)16-9-11-5-2-1-3-6-11/h1-8,10,16H,9,15H2. The van der Waals surface area contributed by atoms with E-state index in [0.29, 0.717) is 0 Å². The smallest absolute Gasteiger partial charge is 0.0939 e. The molecule has 0 aliphatic rings. The van der Waals surface area contributed by atoms with E-state index in [2.05, 4.69) is 22.7 Å². The molecule has 4 heteroatoms. The van der Waals surface area contributed by atoms with E-state index in [9.17, 15) is 0 Å². The number of nitrogen functional groups attached to an aromatic ring is 1. The normalized spacial score (nSPS) is 10.7. The van der Waals surface area contributed by atoms with Crippen molar-refractivity contribution in [1.29, 1.82) is 0 Å². The summed E-state index contributed by atoms with van der Waals surface area (Å²) in [5.74, 6) is 0. The van der Waals surface area contributed by atoms with Crippen LogP contribution in [0.5, 0.6) is 0 Å². The van der Waals surface area contributed by atoms with Gasteiger partial charge in [-0.1, -0.05) is 36.4 Å². The van der Waals surface area contributed by atoms with Crippen LogP contribution in [0.15, 0.2) is 54.7 Å². The minimum atomic E-state index is 0.729. The third kappa shape index (κ3) is 1.88. The third-order valence-electron chi connectivity index (χ3n) is 2.92. The molecule has 0 spiro atoms. The lowest BCUT2D eigenvalue weighted by atomic mass is 10.2. The molecule has 0 aliphatic heterocycles. The SMILES string of the molecule is Nc1cccc2c1cnn2NCc1ccccc1. The molecule has 4 nitrogen and oxygen atoms in total. The van der Waals surface area contributed by atoms with Gasteiger partial charge in [0.15, 0.2) is 0 Å². The lowest BCUT2D eigenvalue weighted by Crippen LogP contribution is -2.15. The highest BCUT2D eigenvalue weighted by atomic mass is 15.6. The Labute approximate surface area is 105 Å². The van der Waals surface area contributed by atoms with E-state index in [1.54, 1.807) is 11.0 Å². The van der Waals surface area contributed by atoms with Crippen LogP contribution in [0.1, 0.15) is 5.56 Å². The van der Waals surface area contributed by atoms with Crippen LogP contribution in [0.4, 0.5) is 5.69 Å². The van der Waals surface area contributed by atoms with E-state index in [4.69, 9.17) is 5.73 Å². The maximum Gasteiger partial charge on any atom is 0.0939 e. The fourth-order valence-corrected chi connectivity index (χ4v) is 1.96. The zero-order valence-electron chi connectivity index (χ0n) is 9.88. The van der Waals surface area contributed by atoms with Crippen molar-refractivity contribution in [3.8, 4) is 0 Å². The molecule has 2 aromatic carbocycles. The number of anilines is 1. The minimum Gasteiger partial charge on any atom is -0.398 e. The molecule has 3 aromatic rings. The molecule has 0 bridgehead atoms. The average molecular weight is 238 g/mol. The first-order valence-corrected chi connectivity index (χ1v) is 5.84. The molecule has 0 radical (unpaired) electrons. The second kappa shape index (κ2) is 4.41. The molecule has 0 unspecified atom stereocenters. The first-order valence-electron chi connectivity index (χ1n) is 5.84. The Morgan fingerprint density at radius 1 is 1.06 bits per heavy atom. The van der Waals surface area contributed by atoms with Gasteiger partial charge in [-0.05, 0) is 17.7 Å². The third-order valence-corrected chi connectivity index (χ3v) is 2.92. The van der Waals surface area contributed by atoms with Crippen LogP contribution in [-0.2, 0) is 6.54 Å². The van der Waals surface area contributed by atoms with E-state index >= 15 is 0 Å². The molecule has 90 valence electrons. The highest BCUT2D eigenvalue weighted by Crippen LogP contribution is 2.19. The molecule has 0 fully saturated rings. The Kier molecular flexibility index (Phi) is 2.61. The van der Waals surface area contributed by atoms with Crippen molar-refractivity contribution in [2.24, 2.45) is 0 Å². The summed E-state index contributed by atoms with van der Waals surface area (Å²) < 4.78 is 0. The van der Waals surface area contributed by atoms with E-state index in [-0.39, 0.29) is 0 Å². The van der Waals surface area contributed by atoms with Crippen LogP contribution in [0.3, 0.4) is 0 Å². The van der Waals surface area contributed by atoms with Crippen LogP contribution in [0, 0.1) is 0 Å². The maximum atomic E-state index is 5.90. The van der Waals surface area contributed by atoms with E-state index < -0.39 is 0 Å². The molecule has 0 saturated heterocycles. The lowest BCUT2D eigenvalue weighted by molar-refractivity contribution is 0.756. The van der Waals surface area contributed by atoms with Crippen molar-refractivity contribution in [3.63, 3.8) is 0 Å². The Balaban J connectivity index is 1.85. The summed E-state index contributed by atoms with van der Waals surface area (Å²) >= 11 is 0. The monoisotopic (exact) mass is 238 g/mol. The zero-order chi connectivity index (χ0) is 12.4. The Morgan fingerprint density at radius 3 is 2.72 bits per heavy atom. The van der Waals surface area contributed by atoms with Gasteiger partial charge in [0.25, 0.3) is 0 Å². The summed E-state index contributed by atoms with van der Waals surface area (Å²) in [6.45, 7) is 0.729. The molecular formula is C14H14N4. The number of rotatable bonds is 3. The Morgan fingerprint density at radius 2 is 1.89 bits per heavy atom. The van der Waals surface area contributed by atoms with E-state index in [1.165, 1.54) is 5.56 Å². The van der Waals surface area contributed by atoms with E-state index in [0.717, 1.165) is 23.1 Å². The minimum absolute atomic E-state index is 0.729. The Bertz CT molecular complexity index is 658. The van der Waals surface area contributed by atoms with Gasteiger partial charge < -0.3 is 11.2 Å². The van der Waals surface area contributed by atoms with Gasteiger partial charge in [-0.25, -0.2) is 0 Å². The quantitative estimate of drug-likeness (QED) is 0.689. The summed E-state index contributed by atoms with van der Waals surface area (Å²) in [4.78, 5) is 1.76. The van der Waals surface area contributed by atoms with Gasteiger partial charge >= 0.3 is 0 Å². The summed E-state index contributed by atoms with van der Waals surface area (Å²) in [5, 5.41) is 5.27. The Hall–Kier alpha value is -2.49. The predicted molar refractivity (Wildman–Crippen MR) is 73.7 cm³/mol. The van der Waals surface area contributed by atoms with Crippen molar-refractivity contribution in [1.82, 2.24) is 9.89 Å². The fraction of sp³-hybridized carbons (Fsp3) is 0.0714. The molecule has 0 amide bonds. The number of fused-ring (bicyclic) bond motifs is 1. The number of hydrogen-bond donors (Lipinski definition) is 2. The fourth-order valence-electron chi connectivity index (χ4n) is 1.96. The number of nitrogens with zero attached hydrogens (tertiary/aromatic N) is 2. The highest BCUT2D eigenvalue weighted by Gasteiger charge is 2.04. The van der Waals surface area contributed by atoms with Crippen molar-refractivity contribution in [2.45, 2.75) is 6.54 Å². The molecule has 3 N–H and O–H groups in total. The van der Waals surface area contributed by atoms with Gasteiger partial charge in [0.2, 0.25) is 0 Å².